The summed E-state index contributed by atoms with van der Waals surface area (Å²) in [5.41, 5.74) is 0.317. The van der Waals surface area contributed by atoms with Crippen molar-refractivity contribution in [3.05, 3.63) is 0 Å². The summed E-state index contributed by atoms with van der Waals surface area (Å²) in [5, 5.41) is 3.38. The monoisotopic (exact) mass is 230 g/mol. The maximum absolute atomic E-state index is 11.5. The Morgan fingerprint density at radius 1 is 1.53 bits per heavy atom. The number of hydrogen-bond donors (Lipinski definition) is 1. The van der Waals surface area contributed by atoms with E-state index in [1.54, 1.807) is 19.0 Å². The third-order valence-corrected chi connectivity index (χ3v) is 4.18. The highest BCUT2D eigenvalue weighted by Gasteiger charge is 2.32. The number of amides is 1. The van der Waals surface area contributed by atoms with Crippen LogP contribution in [0, 0.1) is 5.41 Å². The number of carbonyl (C=O) groups is 1. The smallest absolute Gasteiger partial charge is 0.236 e. The summed E-state index contributed by atoms with van der Waals surface area (Å²) in [6.07, 6.45) is 1.23. The van der Waals surface area contributed by atoms with Crippen LogP contribution in [0.1, 0.15) is 20.3 Å². The van der Waals surface area contributed by atoms with Gasteiger partial charge in [0.05, 0.1) is 6.54 Å². The van der Waals surface area contributed by atoms with E-state index in [1.807, 2.05) is 11.8 Å². The van der Waals surface area contributed by atoms with Crippen LogP contribution in [0.3, 0.4) is 0 Å². The van der Waals surface area contributed by atoms with Crippen LogP contribution in [0.15, 0.2) is 0 Å². The van der Waals surface area contributed by atoms with Crippen LogP contribution in [0.5, 0.6) is 0 Å². The van der Waals surface area contributed by atoms with Gasteiger partial charge in [-0.1, -0.05) is 13.8 Å². The quantitative estimate of drug-likeness (QED) is 0.790. The highest BCUT2D eigenvalue weighted by atomic mass is 32.2. The van der Waals surface area contributed by atoms with Crippen LogP contribution < -0.4 is 5.32 Å². The Kier molecular flexibility index (Phi) is 4.46. The number of likely N-dealkylation sites (N-methyl/N-ethyl adjacent to an activating group) is 1. The summed E-state index contributed by atoms with van der Waals surface area (Å²) in [7, 11) is 3.59. The average molecular weight is 230 g/mol. The molecule has 4 heteroatoms. The molecule has 0 spiro atoms. The summed E-state index contributed by atoms with van der Waals surface area (Å²) < 4.78 is 0. The molecule has 1 fully saturated rings. The van der Waals surface area contributed by atoms with Crippen molar-refractivity contribution in [3.8, 4) is 0 Å². The molecule has 0 bridgehead atoms. The van der Waals surface area contributed by atoms with Gasteiger partial charge < -0.3 is 10.2 Å². The molecule has 1 N–H and O–H groups in total. The van der Waals surface area contributed by atoms with Gasteiger partial charge in [0.2, 0.25) is 5.91 Å². The van der Waals surface area contributed by atoms with Crippen molar-refractivity contribution in [3.63, 3.8) is 0 Å². The van der Waals surface area contributed by atoms with Crippen LogP contribution in [-0.2, 0) is 4.79 Å². The zero-order valence-corrected chi connectivity index (χ0v) is 11.0. The lowest BCUT2D eigenvalue weighted by Crippen LogP contribution is -2.49. The minimum Gasteiger partial charge on any atom is -0.348 e. The molecule has 15 heavy (non-hydrogen) atoms. The second kappa shape index (κ2) is 5.21. The van der Waals surface area contributed by atoms with Crippen molar-refractivity contribution in [2.24, 2.45) is 5.41 Å². The van der Waals surface area contributed by atoms with Gasteiger partial charge in [-0.25, -0.2) is 0 Å². The Hall–Kier alpha value is -0.220. The van der Waals surface area contributed by atoms with Crippen molar-refractivity contribution < 1.29 is 4.79 Å². The summed E-state index contributed by atoms with van der Waals surface area (Å²) >= 11 is 1.98. The number of nitrogens with one attached hydrogen (secondary N) is 1. The van der Waals surface area contributed by atoms with E-state index in [9.17, 15) is 4.79 Å². The molecule has 0 saturated carbocycles. The highest BCUT2D eigenvalue weighted by Crippen LogP contribution is 2.33. The lowest BCUT2D eigenvalue weighted by atomic mass is 9.82. The molecule has 1 amide bonds. The SMILES string of the molecule is CN(C)C(=O)CNC1CSCCC1(C)C. The number of hydrogen-bond acceptors (Lipinski definition) is 3. The summed E-state index contributed by atoms with van der Waals surface area (Å²) in [6.45, 7) is 5.02. The minimum absolute atomic E-state index is 0.154. The number of rotatable bonds is 3. The van der Waals surface area contributed by atoms with Gasteiger partial charge in [0.25, 0.3) is 0 Å². The molecule has 1 saturated heterocycles. The predicted octanol–water partition coefficient (Wildman–Crippen LogP) is 1.20. The standard InChI is InChI=1S/C11H22N2OS/c1-11(2)5-6-15-8-9(11)12-7-10(14)13(3)4/h9,12H,5-8H2,1-4H3. The maximum atomic E-state index is 11.5. The Labute approximate surface area is 97.0 Å². The van der Waals surface area contributed by atoms with Gasteiger partial charge in [0.15, 0.2) is 0 Å². The van der Waals surface area contributed by atoms with Gasteiger partial charge >= 0.3 is 0 Å². The molecular formula is C11H22N2OS. The molecule has 1 heterocycles. The Morgan fingerprint density at radius 3 is 2.73 bits per heavy atom. The summed E-state index contributed by atoms with van der Waals surface area (Å²) in [6, 6.07) is 0.458. The molecule has 0 aromatic heterocycles. The highest BCUT2D eigenvalue weighted by molar-refractivity contribution is 7.99. The Balaban J connectivity index is 2.40. The first-order valence-corrected chi connectivity index (χ1v) is 6.60. The Bertz CT molecular complexity index is 229. The number of thioether (sulfide) groups is 1. The zero-order chi connectivity index (χ0) is 11.5. The van der Waals surface area contributed by atoms with E-state index < -0.39 is 0 Å². The van der Waals surface area contributed by atoms with Gasteiger partial charge in [0, 0.05) is 25.9 Å². The molecule has 0 aliphatic carbocycles. The van der Waals surface area contributed by atoms with E-state index in [0.29, 0.717) is 18.0 Å². The molecule has 88 valence electrons. The van der Waals surface area contributed by atoms with Gasteiger partial charge in [-0.3, -0.25) is 4.79 Å². The largest absolute Gasteiger partial charge is 0.348 e. The average Bonchev–Trinajstić information content (AvgIpc) is 2.14. The van der Waals surface area contributed by atoms with Crippen LogP contribution in [-0.4, -0.2) is 49.0 Å². The third-order valence-electron chi connectivity index (χ3n) is 3.12. The third kappa shape index (κ3) is 3.68. The van der Waals surface area contributed by atoms with Gasteiger partial charge in [-0.2, -0.15) is 11.8 Å². The van der Waals surface area contributed by atoms with Crippen molar-refractivity contribution in [1.82, 2.24) is 10.2 Å². The normalized spacial score (nSPS) is 24.9. The van der Waals surface area contributed by atoms with E-state index >= 15 is 0 Å². The predicted molar refractivity (Wildman–Crippen MR) is 66.2 cm³/mol. The van der Waals surface area contributed by atoms with Crippen LogP contribution in [0.4, 0.5) is 0 Å². The maximum Gasteiger partial charge on any atom is 0.236 e. The molecule has 0 radical (unpaired) electrons. The van der Waals surface area contributed by atoms with Crippen LogP contribution in [0.25, 0.3) is 0 Å². The van der Waals surface area contributed by atoms with E-state index in [4.69, 9.17) is 0 Å². The molecule has 0 aromatic carbocycles. The molecule has 1 atom stereocenters. The van der Waals surface area contributed by atoms with Crippen molar-refractivity contribution in [2.45, 2.75) is 26.3 Å². The van der Waals surface area contributed by atoms with E-state index in [1.165, 1.54) is 12.2 Å². The Morgan fingerprint density at radius 2 is 2.20 bits per heavy atom. The minimum atomic E-state index is 0.154. The molecule has 1 aliphatic heterocycles. The van der Waals surface area contributed by atoms with Gasteiger partial charge in [-0.05, 0) is 17.6 Å². The summed E-state index contributed by atoms with van der Waals surface area (Å²) in [4.78, 5) is 13.1. The van der Waals surface area contributed by atoms with Gasteiger partial charge in [0.1, 0.15) is 0 Å². The fourth-order valence-electron chi connectivity index (χ4n) is 1.64. The number of carbonyl (C=O) groups excluding carboxylic acids is 1. The lowest BCUT2D eigenvalue weighted by Gasteiger charge is -2.38. The molecule has 1 rings (SSSR count). The van der Waals surface area contributed by atoms with Crippen molar-refractivity contribution in [1.29, 1.82) is 0 Å². The molecule has 1 unspecified atom stereocenters. The molecule has 3 nitrogen and oxygen atoms in total. The zero-order valence-electron chi connectivity index (χ0n) is 10.2. The van der Waals surface area contributed by atoms with E-state index in [-0.39, 0.29) is 5.91 Å². The van der Waals surface area contributed by atoms with E-state index in [0.717, 1.165) is 5.75 Å². The molecular weight excluding hydrogens is 208 g/mol. The molecule has 0 aromatic rings. The van der Waals surface area contributed by atoms with Gasteiger partial charge in [-0.15, -0.1) is 0 Å². The fraction of sp³-hybridized carbons (Fsp3) is 0.909. The van der Waals surface area contributed by atoms with Crippen molar-refractivity contribution >= 4 is 17.7 Å². The fourth-order valence-corrected chi connectivity index (χ4v) is 3.28. The second-order valence-corrected chi connectivity index (χ2v) is 6.18. The lowest BCUT2D eigenvalue weighted by molar-refractivity contribution is -0.127. The number of nitrogens with zero attached hydrogens (tertiary/aromatic N) is 1. The topological polar surface area (TPSA) is 32.3 Å². The summed E-state index contributed by atoms with van der Waals surface area (Å²) in [5.74, 6) is 2.52. The molecule has 1 aliphatic rings. The first kappa shape index (κ1) is 12.8. The first-order chi connectivity index (χ1) is 6.93. The van der Waals surface area contributed by atoms with Crippen LogP contribution >= 0.6 is 11.8 Å². The second-order valence-electron chi connectivity index (χ2n) is 5.04. The van der Waals surface area contributed by atoms with Crippen LogP contribution in [0.2, 0.25) is 0 Å². The first-order valence-electron chi connectivity index (χ1n) is 5.45. The van der Waals surface area contributed by atoms with Crippen molar-refractivity contribution in [2.75, 3.05) is 32.1 Å². The van der Waals surface area contributed by atoms with E-state index in [2.05, 4.69) is 19.2 Å².